The molecule has 0 aliphatic heterocycles. The van der Waals surface area contributed by atoms with Crippen molar-refractivity contribution >= 4 is 0 Å². The van der Waals surface area contributed by atoms with Crippen LogP contribution in [0.5, 0.6) is 0 Å². The fraction of sp³-hybridized carbons (Fsp3) is 0.643. The maximum Gasteiger partial charge on any atom is 0.0270 e. The molecular formula is C14H25N3. The standard InChI is InChI=1S/C14H25N3/c1-13(2,12-5-9-16-10-6-12)11-17-14(3,4)7-8-15/h5-6,9-10,17H,7-8,11,15H2,1-4H3. The minimum atomic E-state index is 0.0963. The van der Waals surface area contributed by atoms with Crippen LogP contribution in [0.3, 0.4) is 0 Å². The summed E-state index contributed by atoms with van der Waals surface area (Å²) in [4.78, 5) is 4.06. The molecule has 0 radical (unpaired) electrons. The highest BCUT2D eigenvalue weighted by atomic mass is 15.0. The molecule has 0 bridgehead atoms. The van der Waals surface area contributed by atoms with Crippen molar-refractivity contribution in [3.63, 3.8) is 0 Å². The van der Waals surface area contributed by atoms with Gasteiger partial charge in [0, 0.05) is 29.9 Å². The minimum absolute atomic E-state index is 0.0963. The van der Waals surface area contributed by atoms with E-state index >= 15 is 0 Å². The zero-order valence-corrected chi connectivity index (χ0v) is 11.5. The van der Waals surface area contributed by atoms with E-state index in [-0.39, 0.29) is 11.0 Å². The third kappa shape index (κ3) is 4.44. The summed E-state index contributed by atoms with van der Waals surface area (Å²) in [5.74, 6) is 0. The van der Waals surface area contributed by atoms with E-state index in [4.69, 9.17) is 5.73 Å². The van der Waals surface area contributed by atoms with Crippen LogP contribution in [-0.4, -0.2) is 23.6 Å². The largest absolute Gasteiger partial charge is 0.330 e. The Balaban J connectivity index is 2.62. The molecular weight excluding hydrogens is 210 g/mol. The Hall–Kier alpha value is -0.930. The van der Waals surface area contributed by atoms with Crippen LogP contribution in [0.1, 0.15) is 39.7 Å². The summed E-state index contributed by atoms with van der Waals surface area (Å²) >= 11 is 0. The smallest absolute Gasteiger partial charge is 0.0270 e. The molecule has 1 rings (SSSR count). The molecule has 0 spiro atoms. The fourth-order valence-corrected chi connectivity index (χ4v) is 1.81. The van der Waals surface area contributed by atoms with Crippen molar-refractivity contribution in [2.24, 2.45) is 5.73 Å². The Morgan fingerprint density at radius 3 is 2.29 bits per heavy atom. The molecule has 1 aromatic heterocycles. The summed E-state index contributed by atoms with van der Waals surface area (Å²) in [5, 5.41) is 3.60. The molecule has 3 nitrogen and oxygen atoms in total. The van der Waals surface area contributed by atoms with Crippen LogP contribution in [0.25, 0.3) is 0 Å². The highest BCUT2D eigenvalue weighted by molar-refractivity contribution is 5.21. The van der Waals surface area contributed by atoms with Crippen LogP contribution in [-0.2, 0) is 5.41 Å². The van der Waals surface area contributed by atoms with Gasteiger partial charge >= 0.3 is 0 Å². The van der Waals surface area contributed by atoms with Gasteiger partial charge in [-0.3, -0.25) is 4.98 Å². The van der Waals surface area contributed by atoms with Gasteiger partial charge < -0.3 is 11.1 Å². The van der Waals surface area contributed by atoms with Gasteiger partial charge in [0.1, 0.15) is 0 Å². The lowest BCUT2D eigenvalue weighted by Crippen LogP contribution is -2.46. The van der Waals surface area contributed by atoms with Crippen molar-refractivity contribution in [2.45, 2.75) is 45.1 Å². The van der Waals surface area contributed by atoms with Crippen molar-refractivity contribution in [3.05, 3.63) is 30.1 Å². The maximum absolute atomic E-state index is 5.62. The van der Waals surface area contributed by atoms with Crippen LogP contribution in [0.15, 0.2) is 24.5 Å². The summed E-state index contributed by atoms with van der Waals surface area (Å²) in [6.45, 7) is 10.5. The second kappa shape index (κ2) is 5.61. The summed E-state index contributed by atoms with van der Waals surface area (Å²) in [7, 11) is 0. The number of hydrogen-bond donors (Lipinski definition) is 2. The van der Waals surface area contributed by atoms with E-state index < -0.39 is 0 Å². The van der Waals surface area contributed by atoms with Crippen molar-refractivity contribution < 1.29 is 0 Å². The van der Waals surface area contributed by atoms with E-state index in [2.05, 4.69) is 50.1 Å². The van der Waals surface area contributed by atoms with E-state index in [1.54, 1.807) is 0 Å². The highest BCUT2D eigenvalue weighted by Crippen LogP contribution is 2.22. The third-order valence-corrected chi connectivity index (χ3v) is 3.24. The number of rotatable bonds is 6. The van der Waals surface area contributed by atoms with Gasteiger partial charge in [0.15, 0.2) is 0 Å². The van der Waals surface area contributed by atoms with E-state index in [0.29, 0.717) is 0 Å². The van der Waals surface area contributed by atoms with Gasteiger partial charge in [-0.05, 0) is 44.5 Å². The molecule has 0 saturated heterocycles. The Kier molecular flexibility index (Phi) is 4.66. The van der Waals surface area contributed by atoms with Crippen LogP contribution in [0.4, 0.5) is 0 Å². The number of nitrogens with two attached hydrogens (primary N) is 1. The van der Waals surface area contributed by atoms with Crippen LogP contribution in [0.2, 0.25) is 0 Å². The molecule has 0 saturated carbocycles. The second-order valence-corrected chi connectivity index (χ2v) is 5.90. The average molecular weight is 235 g/mol. The monoisotopic (exact) mass is 235 g/mol. The molecule has 1 aromatic rings. The number of nitrogens with one attached hydrogen (secondary N) is 1. The first-order chi connectivity index (χ1) is 7.87. The first-order valence-electron chi connectivity index (χ1n) is 6.23. The zero-order valence-electron chi connectivity index (χ0n) is 11.5. The summed E-state index contributed by atoms with van der Waals surface area (Å²) in [6, 6.07) is 4.16. The molecule has 0 atom stereocenters. The molecule has 1 heterocycles. The Labute approximate surface area is 105 Å². The molecule has 0 unspecified atom stereocenters. The second-order valence-electron chi connectivity index (χ2n) is 5.90. The van der Waals surface area contributed by atoms with Gasteiger partial charge in [-0.1, -0.05) is 13.8 Å². The van der Waals surface area contributed by atoms with Crippen molar-refractivity contribution in [3.8, 4) is 0 Å². The molecule has 0 aliphatic rings. The molecule has 17 heavy (non-hydrogen) atoms. The van der Waals surface area contributed by atoms with Gasteiger partial charge in [0.2, 0.25) is 0 Å². The SMILES string of the molecule is CC(C)(CCN)NCC(C)(C)c1ccncc1. The van der Waals surface area contributed by atoms with Gasteiger partial charge in [-0.25, -0.2) is 0 Å². The number of nitrogens with zero attached hydrogens (tertiary/aromatic N) is 1. The normalized spacial score (nSPS) is 12.8. The lowest BCUT2D eigenvalue weighted by molar-refractivity contribution is 0.325. The number of pyridine rings is 1. The number of aromatic nitrogens is 1. The highest BCUT2D eigenvalue weighted by Gasteiger charge is 2.24. The maximum atomic E-state index is 5.62. The van der Waals surface area contributed by atoms with Gasteiger partial charge in [-0.2, -0.15) is 0 Å². The first kappa shape index (κ1) is 14.1. The van der Waals surface area contributed by atoms with E-state index in [1.807, 2.05) is 12.4 Å². The lowest BCUT2D eigenvalue weighted by atomic mass is 9.84. The molecule has 0 fully saturated rings. The van der Waals surface area contributed by atoms with Gasteiger partial charge in [-0.15, -0.1) is 0 Å². The van der Waals surface area contributed by atoms with E-state index in [9.17, 15) is 0 Å². The van der Waals surface area contributed by atoms with Crippen LogP contribution in [0, 0.1) is 0 Å². The van der Waals surface area contributed by atoms with Crippen molar-refractivity contribution in [1.82, 2.24) is 10.3 Å². The lowest BCUT2D eigenvalue weighted by Gasteiger charge is -2.33. The predicted octanol–water partition coefficient (Wildman–Crippen LogP) is 2.08. The number of hydrogen-bond acceptors (Lipinski definition) is 3. The Morgan fingerprint density at radius 2 is 1.76 bits per heavy atom. The average Bonchev–Trinajstić information content (AvgIpc) is 2.28. The molecule has 0 aliphatic carbocycles. The Bertz CT molecular complexity index is 331. The molecule has 96 valence electrons. The zero-order chi connectivity index (χ0) is 12.9. The quantitative estimate of drug-likeness (QED) is 0.793. The van der Waals surface area contributed by atoms with Crippen molar-refractivity contribution in [2.75, 3.05) is 13.1 Å². The summed E-state index contributed by atoms with van der Waals surface area (Å²) < 4.78 is 0. The molecule has 0 amide bonds. The first-order valence-corrected chi connectivity index (χ1v) is 6.23. The van der Waals surface area contributed by atoms with Crippen molar-refractivity contribution in [1.29, 1.82) is 0 Å². The van der Waals surface area contributed by atoms with E-state index in [0.717, 1.165) is 19.5 Å². The summed E-state index contributed by atoms with van der Waals surface area (Å²) in [5.41, 5.74) is 7.13. The Morgan fingerprint density at radius 1 is 1.18 bits per heavy atom. The minimum Gasteiger partial charge on any atom is -0.330 e. The van der Waals surface area contributed by atoms with Crippen LogP contribution >= 0.6 is 0 Å². The topological polar surface area (TPSA) is 50.9 Å². The summed E-state index contributed by atoms with van der Waals surface area (Å²) in [6.07, 6.45) is 4.68. The third-order valence-electron chi connectivity index (χ3n) is 3.24. The molecule has 0 aromatic carbocycles. The van der Waals surface area contributed by atoms with Gasteiger partial charge in [0.05, 0.1) is 0 Å². The van der Waals surface area contributed by atoms with E-state index in [1.165, 1.54) is 5.56 Å². The van der Waals surface area contributed by atoms with Crippen LogP contribution < -0.4 is 11.1 Å². The fourth-order valence-electron chi connectivity index (χ4n) is 1.81. The van der Waals surface area contributed by atoms with Gasteiger partial charge in [0.25, 0.3) is 0 Å². The molecule has 3 N–H and O–H groups in total. The predicted molar refractivity (Wildman–Crippen MR) is 73.0 cm³/mol. The molecule has 3 heteroatoms.